The first-order valence-corrected chi connectivity index (χ1v) is 9.76. The van der Waals surface area contributed by atoms with Crippen molar-refractivity contribution in [1.29, 1.82) is 0 Å². The van der Waals surface area contributed by atoms with Gasteiger partial charge < -0.3 is 15.2 Å². The van der Waals surface area contributed by atoms with E-state index in [0.717, 1.165) is 42.6 Å². The molecule has 1 aliphatic heterocycles. The molecule has 1 atom stereocenters. The summed E-state index contributed by atoms with van der Waals surface area (Å²) in [6.07, 6.45) is 6.29. The van der Waals surface area contributed by atoms with Crippen molar-refractivity contribution in [3.63, 3.8) is 0 Å². The number of aryl methyl sites for hydroxylation is 1. The summed E-state index contributed by atoms with van der Waals surface area (Å²) in [6.45, 7) is 3.46. The van der Waals surface area contributed by atoms with Crippen molar-refractivity contribution >= 4 is 23.4 Å². The minimum Gasteiger partial charge on any atom is -0.337 e. The molecule has 6 nitrogen and oxygen atoms in total. The Morgan fingerprint density at radius 1 is 1.44 bits per heavy atom. The summed E-state index contributed by atoms with van der Waals surface area (Å²) in [5.41, 5.74) is 0.890. The molecule has 1 amide bonds. The Morgan fingerprint density at radius 2 is 2.28 bits per heavy atom. The maximum absolute atomic E-state index is 12.4. The monoisotopic (exact) mass is 359 g/mol. The molecular weight excluding hydrogens is 334 g/mol. The Labute approximate surface area is 153 Å². The zero-order valence-corrected chi connectivity index (χ0v) is 15.6. The number of piperazine rings is 1. The van der Waals surface area contributed by atoms with E-state index in [0.29, 0.717) is 6.42 Å². The van der Waals surface area contributed by atoms with Crippen LogP contribution in [0.15, 0.2) is 41.6 Å². The first-order chi connectivity index (χ1) is 12.2. The van der Waals surface area contributed by atoms with Crippen molar-refractivity contribution < 1.29 is 4.79 Å². The summed E-state index contributed by atoms with van der Waals surface area (Å²) in [5, 5.41) is 6.46. The van der Waals surface area contributed by atoms with Crippen molar-refractivity contribution in [3.05, 3.63) is 42.5 Å². The number of nitrogens with zero attached hydrogens (tertiary/aromatic N) is 3. The number of hydrogen-bond donors (Lipinski definition) is 2. The first kappa shape index (κ1) is 18.0. The number of thioether (sulfide) groups is 1. The second kappa shape index (κ2) is 8.51. The normalized spacial score (nSPS) is 18.2. The van der Waals surface area contributed by atoms with Gasteiger partial charge in [-0.15, -0.1) is 11.8 Å². The Balaban J connectivity index is 1.59. The minimum atomic E-state index is 0.0543. The lowest BCUT2D eigenvalue weighted by molar-refractivity contribution is -0.116. The molecule has 1 fully saturated rings. The van der Waals surface area contributed by atoms with Crippen molar-refractivity contribution in [3.8, 4) is 0 Å². The maximum atomic E-state index is 12.4. The lowest BCUT2D eigenvalue weighted by Gasteiger charge is -2.35. The van der Waals surface area contributed by atoms with Gasteiger partial charge in [-0.1, -0.05) is 12.1 Å². The van der Waals surface area contributed by atoms with Crippen LogP contribution in [0.4, 0.5) is 5.69 Å². The van der Waals surface area contributed by atoms with E-state index in [1.165, 1.54) is 0 Å². The standard InChI is InChI=1S/C18H25N5OS/c1-22-11-9-20-18(22)15-13-19-8-12-23(15)10-7-17(24)21-14-5-3-4-6-16(14)25-2/h3-6,9,11,15,19H,7-8,10,12-13H2,1-2H3,(H,21,24). The molecule has 2 N–H and O–H groups in total. The van der Waals surface area contributed by atoms with Gasteiger partial charge in [0.25, 0.3) is 0 Å². The number of carbonyl (C=O) groups excluding carboxylic acids is 1. The van der Waals surface area contributed by atoms with Crippen molar-refractivity contribution in [2.75, 3.05) is 37.8 Å². The predicted molar refractivity (Wildman–Crippen MR) is 102 cm³/mol. The van der Waals surface area contributed by atoms with Crippen LogP contribution in [0.3, 0.4) is 0 Å². The largest absolute Gasteiger partial charge is 0.337 e. The maximum Gasteiger partial charge on any atom is 0.225 e. The lowest BCUT2D eigenvalue weighted by atomic mass is 10.1. The van der Waals surface area contributed by atoms with Crippen LogP contribution >= 0.6 is 11.8 Å². The van der Waals surface area contributed by atoms with Crippen LogP contribution in [0.1, 0.15) is 18.3 Å². The minimum absolute atomic E-state index is 0.0543. The molecule has 1 unspecified atom stereocenters. The second-order valence-corrected chi connectivity index (χ2v) is 7.00. The summed E-state index contributed by atoms with van der Waals surface area (Å²) >= 11 is 1.64. The number of amides is 1. The number of anilines is 1. The highest BCUT2D eigenvalue weighted by atomic mass is 32.2. The quantitative estimate of drug-likeness (QED) is 0.774. The fraction of sp³-hybridized carbons (Fsp3) is 0.444. The third-order valence-corrected chi connectivity index (χ3v) is 5.31. The number of aromatic nitrogens is 2. The highest BCUT2D eigenvalue weighted by Gasteiger charge is 2.26. The molecule has 1 aliphatic rings. The fourth-order valence-electron chi connectivity index (χ4n) is 3.17. The van der Waals surface area contributed by atoms with E-state index in [1.807, 2.05) is 50.0 Å². The summed E-state index contributed by atoms with van der Waals surface area (Å²) in [4.78, 5) is 20.3. The molecule has 0 aliphatic carbocycles. The SMILES string of the molecule is CSc1ccccc1NC(=O)CCN1CCNCC1c1nccn1C. The van der Waals surface area contributed by atoms with Gasteiger partial charge in [-0.05, 0) is 18.4 Å². The summed E-state index contributed by atoms with van der Waals surface area (Å²) in [5.74, 6) is 1.10. The first-order valence-electron chi connectivity index (χ1n) is 8.54. The predicted octanol–water partition coefficient (Wildman–Crippen LogP) is 2.12. The molecule has 1 saturated heterocycles. The van der Waals surface area contributed by atoms with E-state index in [1.54, 1.807) is 11.8 Å². The lowest BCUT2D eigenvalue weighted by Crippen LogP contribution is -2.47. The third-order valence-electron chi connectivity index (χ3n) is 4.52. The Kier molecular flexibility index (Phi) is 6.12. The number of hydrogen-bond acceptors (Lipinski definition) is 5. The number of rotatable bonds is 6. The van der Waals surface area contributed by atoms with Gasteiger partial charge in [0.15, 0.2) is 0 Å². The summed E-state index contributed by atoms with van der Waals surface area (Å²) in [7, 11) is 2.02. The summed E-state index contributed by atoms with van der Waals surface area (Å²) < 4.78 is 2.06. The van der Waals surface area contributed by atoms with Crippen LogP contribution in [0.5, 0.6) is 0 Å². The van der Waals surface area contributed by atoms with Gasteiger partial charge >= 0.3 is 0 Å². The highest BCUT2D eigenvalue weighted by Crippen LogP contribution is 2.25. The molecule has 2 aromatic rings. The van der Waals surface area contributed by atoms with Gasteiger partial charge in [0.1, 0.15) is 5.82 Å². The molecular formula is C18H25N5OS. The average molecular weight is 359 g/mol. The van der Waals surface area contributed by atoms with E-state index < -0.39 is 0 Å². The van der Waals surface area contributed by atoms with Crippen LogP contribution in [0, 0.1) is 0 Å². The summed E-state index contributed by atoms with van der Waals surface area (Å²) in [6, 6.07) is 8.11. The molecule has 7 heteroatoms. The van der Waals surface area contributed by atoms with Crippen molar-refractivity contribution in [1.82, 2.24) is 19.8 Å². The molecule has 1 aromatic heterocycles. The van der Waals surface area contributed by atoms with E-state index in [9.17, 15) is 4.79 Å². The van der Waals surface area contributed by atoms with Crippen LogP contribution in [0.2, 0.25) is 0 Å². The van der Waals surface area contributed by atoms with Crippen LogP contribution in [0.25, 0.3) is 0 Å². The Hall–Kier alpha value is -1.83. The zero-order valence-electron chi connectivity index (χ0n) is 14.7. The van der Waals surface area contributed by atoms with Crippen LogP contribution < -0.4 is 10.6 Å². The average Bonchev–Trinajstić information content (AvgIpc) is 3.06. The molecule has 0 bridgehead atoms. The highest BCUT2D eigenvalue weighted by molar-refractivity contribution is 7.98. The Bertz CT molecular complexity index is 717. The molecule has 134 valence electrons. The topological polar surface area (TPSA) is 62.2 Å². The molecule has 0 spiro atoms. The van der Waals surface area contributed by atoms with Crippen LogP contribution in [-0.2, 0) is 11.8 Å². The molecule has 0 radical (unpaired) electrons. The van der Waals surface area contributed by atoms with Gasteiger partial charge in [0.05, 0.1) is 11.7 Å². The smallest absolute Gasteiger partial charge is 0.225 e. The fourth-order valence-corrected chi connectivity index (χ4v) is 3.73. The van der Waals surface area contributed by atoms with Gasteiger partial charge in [-0.3, -0.25) is 9.69 Å². The molecule has 25 heavy (non-hydrogen) atoms. The van der Waals surface area contributed by atoms with E-state index in [4.69, 9.17) is 0 Å². The number of carbonyl (C=O) groups is 1. The van der Waals surface area contributed by atoms with Gasteiger partial charge in [-0.2, -0.15) is 0 Å². The van der Waals surface area contributed by atoms with Crippen molar-refractivity contribution in [2.24, 2.45) is 7.05 Å². The number of imidazole rings is 1. The van der Waals surface area contributed by atoms with Crippen molar-refractivity contribution in [2.45, 2.75) is 17.4 Å². The van der Waals surface area contributed by atoms with Gasteiger partial charge in [-0.25, -0.2) is 4.98 Å². The number of para-hydroxylation sites is 1. The molecule has 0 saturated carbocycles. The van der Waals surface area contributed by atoms with Crippen LogP contribution in [-0.4, -0.2) is 52.8 Å². The number of benzene rings is 1. The van der Waals surface area contributed by atoms with E-state index in [-0.39, 0.29) is 11.9 Å². The number of nitrogens with one attached hydrogen (secondary N) is 2. The molecule has 1 aromatic carbocycles. The van der Waals surface area contributed by atoms with Gasteiger partial charge in [0.2, 0.25) is 5.91 Å². The van der Waals surface area contributed by atoms with E-state index >= 15 is 0 Å². The van der Waals surface area contributed by atoms with Gasteiger partial charge in [0, 0.05) is 56.9 Å². The van der Waals surface area contributed by atoms with E-state index in [2.05, 4.69) is 25.1 Å². The molecule has 3 rings (SSSR count). The third kappa shape index (κ3) is 4.42. The second-order valence-electron chi connectivity index (χ2n) is 6.15. The Morgan fingerprint density at radius 3 is 3.04 bits per heavy atom. The molecule has 2 heterocycles. The zero-order chi connectivity index (χ0) is 17.6.